The van der Waals surface area contributed by atoms with Gasteiger partial charge in [-0.15, -0.1) is 0 Å². The van der Waals surface area contributed by atoms with E-state index in [0.29, 0.717) is 30.2 Å². The summed E-state index contributed by atoms with van der Waals surface area (Å²) in [6.07, 6.45) is 0.916. The fourth-order valence-corrected chi connectivity index (χ4v) is 6.21. The van der Waals surface area contributed by atoms with Gasteiger partial charge in [0.1, 0.15) is 0 Å². The summed E-state index contributed by atoms with van der Waals surface area (Å²) in [6.45, 7) is 2.19. The number of unbranched alkanes of at least 4 members (excludes halogenated alkanes) is 4. The molecule has 0 unspecified atom stereocenters. The molecule has 1 aliphatic rings. The normalized spacial score (nSPS) is 14.1. The molecule has 0 saturated heterocycles. The molecule has 0 atom stereocenters. The number of carbonyl (C=O) groups excluding carboxylic acids is 1. The second kappa shape index (κ2) is 11.0. The Bertz CT molecular complexity index is 1370. The molecule has 37 heavy (non-hydrogen) atoms. The molecule has 1 aliphatic heterocycles. The number of hydrogen-bond donors (Lipinski definition) is 0. The standard InChI is InChI=1S/C25H31F3N2O5S2/c1-4-5-6-7-8-15-37(34,35)20-10-12-22-18(16-20)13-14-30(22)24(31)21-17-19(25(26,27)28)9-11-23(21)29(2)36(3,32)33/h9-12,16-17H,4-8,13-15H2,1-3H3. The van der Waals surface area contributed by atoms with Gasteiger partial charge >= 0.3 is 6.18 Å². The average Bonchev–Trinajstić information content (AvgIpc) is 3.25. The summed E-state index contributed by atoms with van der Waals surface area (Å²) >= 11 is 0. The molecule has 0 aliphatic carbocycles. The molecular weight excluding hydrogens is 529 g/mol. The van der Waals surface area contributed by atoms with Gasteiger partial charge in [0.2, 0.25) is 10.0 Å². The van der Waals surface area contributed by atoms with E-state index in [9.17, 15) is 34.8 Å². The summed E-state index contributed by atoms with van der Waals surface area (Å²) < 4.78 is 90.7. The highest BCUT2D eigenvalue weighted by molar-refractivity contribution is 7.92. The first kappa shape index (κ1) is 29.0. The van der Waals surface area contributed by atoms with E-state index in [-0.39, 0.29) is 22.9 Å². The van der Waals surface area contributed by atoms with Crippen molar-refractivity contribution >= 4 is 37.1 Å². The molecule has 7 nitrogen and oxygen atoms in total. The van der Waals surface area contributed by atoms with Crippen LogP contribution in [0.2, 0.25) is 0 Å². The fourth-order valence-electron chi connectivity index (χ4n) is 4.28. The van der Waals surface area contributed by atoms with Crippen LogP contribution in [0.5, 0.6) is 0 Å². The third kappa shape index (κ3) is 6.64. The lowest BCUT2D eigenvalue weighted by Gasteiger charge is -2.24. The molecule has 3 rings (SSSR count). The van der Waals surface area contributed by atoms with Gasteiger partial charge < -0.3 is 4.90 Å². The Hall–Kier alpha value is -2.60. The van der Waals surface area contributed by atoms with Crippen LogP contribution in [0.3, 0.4) is 0 Å². The molecule has 2 aromatic rings. The van der Waals surface area contributed by atoms with Gasteiger partial charge in [-0.1, -0.05) is 32.6 Å². The van der Waals surface area contributed by atoms with E-state index in [2.05, 4.69) is 6.92 Å². The van der Waals surface area contributed by atoms with Crippen molar-refractivity contribution in [3.05, 3.63) is 53.1 Å². The van der Waals surface area contributed by atoms with E-state index in [1.54, 1.807) is 0 Å². The largest absolute Gasteiger partial charge is 0.416 e. The second-order valence-electron chi connectivity index (χ2n) is 9.19. The number of nitrogens with zero attached hydrogens (tertiary/aromatic N) is 2. The molecule has 1 amide bonds. The lowest BCUT2D eigenvalue weighted by Crippen LogP contribution is -2.33. The molecule has 1 heterocycles. The maximum Gasteiger partial charge on any atom is 0.416 e. The first-order valence-electron chi connectivity index (χ1n) is 12.0. The molecule has 2 aromatic carbocycles. The average molecular weight is 561 g/mol. The Morgan fingerprint density at radius 3 is 2.30 bits per heavy atom. The van der Waals surface area contributed by atoms with Gasteiger partial charge in [-0.3, -0.25) is 9.10 Å². The van der Waals surface area contributed by atoms with Gasteiger partial charge in [-0.25, -0.2) is 16.8 Å². The highest BCUT2D eigenvalue weighted by Crippen LogP contribution is 2.37. The summed E-state index contributed by atoms with van der Waals surface area (Å²) in [4.78, 5) is 14.9. The van der Waals surface area contributed by atoms with Crippen LogP contribution in [0, 0.1) is 0 Å². The Morgan fingerprint density at radius 2 is 1.68 bits per heavy atom. The quantitative estimate of drug-likeness (QED) is 0.380. The van der Waals surface area contributed by atoms with Gasteiger partial charge in [0.15, 0.2) is 9.84 Å². The minimum Gasteiger partial charge on any atom is -0.308 e. The minimum absolute atomic E-state index is 0.0174. The van der Waals surface area contributed by atoms with Crippen molar-refractivity contribution in [1.82, 2.24) is 0 Å². The zero-order chi connectivity index (χ0) is 27.6. The van der Waals surface area contributed by atoms with Crippen LogP contribution in [0.1, 0.15) is 60.5 Å². The van der Waals surface area contributed by atoms with Gasteiger partial charge in [0.05, 0.1) is 33.7 Å². The van der Waals surface area contributed by atoms with Gasteiger partial charge in [-0.2, -0.15) is 13.2 Å². The fraction of sp³-hybridized carbons (Fsp3) is 0.480. The molecule has 0 aromatic heterocycles. The molecule has 0 bridgehead atoms. The van der Waals surface area contributed by atoms with Crippen molar-refractivity contribution in [3.8, 4) is 0 Å². The number of alkyl halides is 3. The van der Waals surface area contributed by atoms with Crippen molar-refractivity contribution in [2.45, 2.75) is 56.5 Å². The van der Waals surface area contributed by atoms with Gasteiger partial charge in [0.25, 0.3) is 5.91 Å². The number of hydrogen-bond acceptors (Lipinski definition) is 5. The Morgan fingerprint density at radius 1 is 1.00 bits per heavy atom. The summed E-state index contributed by atoms with van der Waals surface area (Å²) in [5.74, 6) is -0.786. The molecule has 0 N–H and O–H groups in total. The van der Waals surface area contributed by atoms with E-state index in [4.69, 9.17) is 0 Å². The molecule has 0 fully saturated rings. The monoisotopic (exact) mass is 560 g/mol. The maximum absolute atomic E-state index is 13.5. The molecule has 0 radical (unpaired) electrons. The predicted octanol–water partition coefficient (Wildman–Crippen LogP) is 5.05. The molecule has 12 heteroatoms. The zero-order valence-electron chi connectivity index (χ0n) is 21.0. The summed E-state index contributed by atoms with van der Waals surface area (Å²) in [6, 6.07) is 6.74. The number of amides is 1. The van der Waals surface area contributed by atoms with Crippen LogP contribution >= 0.6 is 0 Å². The highest BCUT2D eigenvalue weighted by atomic mass is 32.2. The summed E-state index contributed by atoms with van der Waals surface area (Å²) in [5.41, 5.74) is -0.709. The third-order valence-electron chi connectivity index (χ3n) is 6.46. The number of halogens is 3. The number of rotatable bonds is 10. The molecule has 0 saturated carbocycles. The molecule has 0 spiro atoms. The summed E-state index contributed by atoms with van der Waals surface area (Å²) in [7, 11) is -6.22. The number of anilines is 2. The topological polar surface area (TPSA) is 91.8 Å². The number of benzene rings is 2. The first-order chi connectivity index (χ1) is 17.2. The van der Waals surface area contributed by atoms with Crippen LogP contribution < -0.4 is 9.21 Å². The van der Waals surface area contributed by atoms with E-state index in [0.717, 1.165) is 55.4 Å². The predicted molar refractivity (Wildman–Crippen MR) is 137 cm³/mol. The van der Waals surface area contributed by atoms with E-state index >= 15 is 0 Å². The van der Waals surface area contributed by atoms with Crippen LogP contribution in [-0.2, 0) is 32.5 Å². The van der Waals surface area contributed by atoms with Crippen molar-refractivity contribution in [2.75, 3.05) is 34.8 Å². The second-order valence-corrected chi connectivity index (χ2v) is 13.3. The summed E-state index contributed by atoms with van der Waals surface area (Å²) in [5, 5.41) is 0. The van der Waals surface area contributed by atoms with Crippen molar-refractivity contribution in [3.63, 3.8) is 0 Å². The van der Waals surface area contributed by atoms with E-state index in [1.165, 1.54) is 23.1 Å². The van der Waals surface area contributed by atoms with Crippen molar-refractivity contribution in [2.24, 2.45) is 0 Å². The van der Waals surface area contributed by atoms with Crippen LogP contribution in [0.4, 0.5) is 24.5 Å². The zero-order valence-corrected chi connectivity index (χ0v) is 22.6. The van der Waals surface area contributed by atoms with Crippen LogP contribution in [0.15, 0.2) is 41.3 Å². The lowest BCUT2D eigenvalue weighted by molar-refractivity contribution is -0.137. The Labute approximate surface area is 216 Å². The molecular formula is C25H31F3N2O5S2. The number of carbonyl (C=O) groups is 1. The first-order valence-corrected chi connectivity index (χ1v) is 15.5. The Kier molecular flexibility index (Phi) is 8.63. The number of sulfone groups is 1. The SMILES string of the molecule is CCCCCCCS(=O)(=O)c1ccc2c(c1)CCN2C(=O)c1cc(C(F)(F)F)ccc1N(C)S(C)(=O)=O. The van der Waals surface area contributed by atoms with Crippen molar-refractivity contribution < 1.29 is 34.8 Å². The highest BCUT2D eigenvalue weighted by Gasteiger charge is 2.35. The van der Waals surface area contributed by atoms with E-state index in [1.807, 2.05) is 0 Å². The molecule has 204 valence electrons. The van der Waals surface area contributed by atoms with Crippen LogP contribution in [-0.4, -0.2) is 48.3 Å². The Balaban J connectivity index is 1.93. The van der Waals surface area contributed by atoms with E-state index < -0.39 is 43.1 Å². The van der Waals surface area contributed by atoms with Crippen molar-refractivity contribution in [1.29, 1.82) is 0 Å². The van der Waals surface area contributed by atoms with Gasteiger partial charge in [0, 0.05) is 19.3 Å². The lowest BCUT2D eigenvalue weighted by atomic mass is 10.1. The van der Waals surface area contributed by atoms with Gasteiger partial charge in [-0.05, 0) is 54.8 Å². The smallest absolute Gasteiger partial charge is 0.308 e. The minimum atomic E-state index is -4.74. The number of fused-ring (bicyclic) bond motifs is 1. The number of sulfonamides is 1. The maximum atomic E-state index is 13.5. The van der Waals surface area contributed by atoms with Crippen LogP contribution in [0.25, 0.3) is 0 Å². The third-order valence-corrected chi connectivity index (χ3v) is 9.45.